The Morgan fingerprint density at radius 2 is 1.48 bits per heavy atom. The van der Waals surface area contributed by atoms with Crippen LogP contribution in [0.25, 0.3) is 0 Å². The molecule has 1 aromatic carbocycles. The predicted octanol–water partition coefficient (Wildman–Crippen LogP) is 2.13. The van der Waals surface area contributed by atoms with Gasteiger partial charge in [-0.05, 0) is 18.4 Å². The van der Waals surface area contributed by atoms with Crippen molar-refractivity contribution in [2.24, 2.45) is 16.2 Å². The van der Waals surface area contributed by atoms with Gasteiger partial charge < -0.3 is 0 Å². The van der Waals surface area contributed by atoms with Crippen molar-refractivity contribution in [2.45, 2.75) is 38.6 Å². The second kappa shape index (κ2) is 6.18. The summed E-state index contributed by atoms with van der Waals surface area (Å²) in [6.07, 6.45) is 3.84. The number of hydrogen-bond acceptors (Lipinski definition) is 5. The lowest BCUT2D eigenvalue weighted by molar-refractivity contribution is -0.186. The molecule has 1 aliphatic carbocycles. The molecule has 1 saturated carbocycles. The number of nitrogens with one attached hydrogen (secondary N) is 1. The molecule has 4 rings (SSSR count). The van der Waals surface area contributed by atoms with Crippen molar-refractivity contribution >= 4 is 11.8 Å². The highest BCUT2D eigenvalue weighted by Gasteiger charge is 2.75. The van der Waals surface area contributed by atoms with E-state index in [2.05, 4.69) is 17.5 Å². The van der Waals surface area contributed by atoms with Gasteiger partial charge in [-0.1, -0.05) is 49.6 Å². The van der Waals surface area contributed by atoms with Crippen LogP contribution in [0.1, 0.15) is 37.7 Å². The molecular weight excluding hydrogens is 340 g/mol. The molecule has 2 unspecified atom stereocenters. The Balaban J connectivity index is 1.84. The summed E-state index contributed by atoms with van der Waals surface area (Å²) in [5.41, 5.74) is -2.60. The van der Waals surface area contributed by atoms with Gasteiger partial charge in [-0.25, -0.2) is 0 Å². The SMILES string of the molecule is N#CC12CN(Cc3ccccc3)CC(C#N)(C(=O)NC1=O)C21CCCCC1. The van der Waals surface area contributed by atoms with Gasteiger partial charge in [0.05, 0.1) is 12.1 Å². The third kappa shape index (κ3) is 2.20. The van der Waals surface area contributed by atoms with Crippen molar-refractivity contribution in [3.05, 3.63) is 35.9 Å². The molecule has 2 saturated heterocycles. The monoisotopic (exact) mass is 362 g/mol. The predicted molar refractivity (Wildman–Crippen MR) is 96.5 cm³/mol. The number of likely N-dealkylation sites (tertiary alicyclic amines) is 1. The van der Waals surface area contributed by atoms with Gasteiger partial charge in [-0.3, -0.25) is 19.8 Å². The number of piperidine rings is 2. The zero-order valence-electron chi connectivity index (χ0n) is 15.2. The Bertz CT molecular complexity index is 818. The lowest BCUT2D eigenvalue weighted by Gasteiger charge is -2.62. The Morgan fingerprint density at radius 1 is 0.926 bits per heavy atom. The number of rotatable bonds is 2. The number of carbonyl (C=O) groups is 2. The van der Waals surface area contributed by atoms with Gasteiger partial charge in [-0.2, -0.15) is 10.5 Å². The zero-order valence-corrected chi connectivity index (χ0v) is 15.2. The summed E-state index contributed by atoms with van der Waals surface area (Å²) in [7, 11) is 0. The van der Waals surface area contributed by atoms with Gasteiger partial charge >= 0.3 is 0 Å². The van der Waals surface area contributed by atoms with Crippen molar-refractivity contribution in [3.8, 4) is 12.1 Å². The van der Waals surface area contributed by atoms with Crippen LogP contribution in [0, 0.1) is 38.9 Å². The van der Waals surface area contributed by atoms with E-state index < -0.39 is 28.1 Å². The summed E-state index contributed by atoms with van der Waals surface area (Å²) in [4.78, 5) is 28.0. The highest BCUT2D eigenvalue weighted by molar-refractivity contribution is 6.08. The maximum atomic E-state index is 13.0. The average Bonchev–Trinajstić information content (AvgIpc) is 2.69. The van der Waals surface area contributed by atoms with Gasteiger partial charge in [0.25, 0.3) is 0 Å². The second-order valence-electron chi connectivity index (χ2n) is 8.09. The number of nitrogens with zero attached hydrogens (tertiary/aromatic N) is 3. The minimum Gasteiger partial charge on any atom is -0.295 e. The normalized spacial score (nSPS) is 32.4. The van der Waals surface area contributed by atoms with Crippen molar-refractivity contribution < 1.29 is 9.59 Å². The van der Waals surface area contributed by atoms with E-state index in [0.29, 0.717) is 19.4 Å². The van der Waals surface area contributed by atoms with Crippen LogP contribution in [-0.2, 0) is 16.1 Å². The highest BCUT2D eigenvalue weighted by atomic mass is 16.2. The Labute approximate surface area is 158 Å². The van der Waals surface area contributed by atoms with Crippen molar-refractivity contribution in [1.82, 2.24) is 10.2 Å². The van der Waals surface area contributed by atoms with E-state index in [1.807, 2.05) is 35.2 Å². The summed E-state index contributed by atoms with van der Waals surface area (Å²) in [5, 5.41) is 22.8. The van der Waals surface area contributed by atoms with E-state index in [0.717, 1.165) is 24.8 Å². The summed E-state index contributed by atoms with van der Waals surface area (Å²) < 4.78 is 0. The van der Waals surface area contributed by atoms with Gasteiger partial charge in [0, 0.05) is 25.0 Å². The number of amides is 2. The van der Waals surface area contributed by atoms with Crippen molar-refractivity contribution in [2.75, 3.05) is 13.1 Å². The number of hydrogen-bond donors (Lipinski definition) is 1. The van der Waals surface area contributed by atoms with Crippen molar-refractivity contribution in [3.63, 3.8) is 0 Å². The van der Waals surface area contributed by atoms with E-state index in [4.69, 9.17) is 0 Å². The molecule has 1 N–H and O–H groups in total. The first-order chi connectivity index (χ1) is 13.0. The van der Waals surface area contributed by atoms with Crippen LogP contribution >= 0.6 is 0 Å². The Hall–Kier alpha value is -2.70. The third-order valence-corrected chi connectivity index (χ3v) is 6.90. The molecule has 2 amide bonds. The van der Waals surface area contributed by atoms with Gasteiger partial charge in [0.2, 0.25) is 11.8 Å². The lowest BCUT2D eigenvalue weighted by atomic mass is 9.42. The summed E-state index contributed by atoms with van der Waals surface area (Å²) in [6, 6.07) is 14.3. The first-order valence-electron chi connectivity index (χ1n) is 9.48. The molecule has 3 fully saturated rings. The maximum Gasteiger partial charge on any atom is 0.249 e. The van der Waals surface area contributed by atoms with E-state index in [1.165, 1.54) is 0 Å². The summed E-state index contributed by atoms with van der Waals surface area (Å²) in [6.45, 7) is 1.01. The molecule has 0 radical (unpaired) electrons. The van der Waals surface area contributed by atoms with Crippen molar-refractivity contribution in [1.29, 1.82) is 10.5 Å². The van der Waals surface area contributed by atoms with Crippen LogP contribution in [0.2, 0.25) is 0 Å². The first-order valence-corrected chi connectivity index (χ1v) is 9.48. The molecular formula is C21H22N4O2. The highest BCUT2D eigenvalue weighted by Crippen LogP contribution is 2.64. The second-order valence-corrected chi connectivity index (χ2v) is 8.09. The lowest BCUT2D eigenvalue weighted by Crippen LogP contribution is -2.77. The maximum absolute atomic E-state index is 13.0. The molecule has 3 aliphatic rings. The number of nitriles is 2. The minimum atomic E-state index is -1.37. The zero-order chi connectivity index (χ0) is 19.1. The van der Waals surface area contributed by atoms with Crippen LogP contribution in [0.5, 0.6) is 0 Å². The number of carbonyl (C=O) groups excluding carboxylic acids is 2. The molecule has 6 heteroatoms. The van der Waals surface area contributed by atoms with E-state index >= 15 is 0 Å². The van der Waals surface area contributed by atoms with E-state index in [-0.39, 0.29) is 13.1 Å². The van der Waals surface area contributed by atoms with Gasteiger partial charge in [0.15, 0.2) is 10.8 Å². The Kier molecular flexibility index (Phi) is 4.05. The van der Waals surface area contributed by atoms with E-state index in [1.54, 1.807) is 0 Å². The Morgan fingerprint density at radius 3 is 2.00 bits per heavy atom. The fraction of sp³-hybridized carbons (Fsp3) is 0.524. The standard InChI is InChI=1S/C21H22N4O2/c22-12-19-14-25(11-16-7-3-1-4-8-16)15-20(13-23,18(27)24-17(19)26)21(19)9-5-2-6-10-21/h1,3-4,7-8H,2,5-6,9-11,14-15H2,(H,24,26,27). The summed E-state index contributed by atoms with van der Waals surface area (Å²) in [5.74, 6) is -1.05. The quantitative estimate of drug-likeness (QED) is 0.813. The molecule has 2 bridgehead atoms. The smallest absolute Gasteiger partial charge is 0.249 e. The molecule has 2 atom stereocenters. The van der Waals surface area contributed by atoms with E-state index in [9.17, 15) is 20.1 Å². The minimum absolute atomic E-state index is 0.251. The number of imide groups is 1. The summed E-state index contributed by atoms with van der Waals surface area (Å²) >= 11 is 0. The molecule has 6 nitrogen and oxygen atoms in total. The topological polar surface area (TPSA) is 97.0 Å². The largest absolute Gasteiger partial charge is 0.295 e. The van der Waals surface area contributed by atoms with Crippen LogP contribution in [-0.4, -0.2) is 29.8 Å². The molecule has 27 heavy (non-hydrogen) atoms. The molecule has 1 aromatic rings. The molecule has 138 valence electrons. The van der Waals surface area contributed by atoms with Crippen LogP contribution in [0.3, 0.4) is 0 Å². The molecule has 2 heterocycles. The van der Waals surface area contributed by atoms with Crippen LogP contribution in [0.4, 0.5) is 0 Å². The van der Waals surface area contributed by atoms with Crippen LogP contribution < -0.4 is 5.32 Å². The van der Waals surface area contributed by atoms with Gasteiger partial charge in [0.1, 0.15) is 0 Å². The van der Waals surface area contributed by atoms with Crippen LogP contribution in [0.15, 0.2) is 30.3 Å². The molecule has 0 aromatic heterocycles. The average molecular weight is 362 g/mol. The fourth-order valence-corrected chi connectivity index (χ4v) is 5.64. The first kappa shape index (κ1) is 17.7. The van der Waals surface area contributed by atoms with Gasteiger partial charge in [-0.15, -0.1) is 0 Å². The third-order valence-electron chi connectivity index (χ3n) is 6.90. The fourth-order valence-electron chi connectivity index (χ4n) is 5.64. The number of benzene rings is 1. The molecule has 1 spiro atoms. The molecule has 2 aliphatic heterocycles.